The summed E-state index contributed by atoms with van der Waals surface area (Å²) >= 11 is 3.40. The molecule has 1 unspecified atom stereocenters. The van der Waals surface area contributed by atoms with E-state index >= 15 is 0 Å². The molecule has 0 saturated heterocycles. The summed E-state index contributed by atoms with van der Waals surface area (Å²) in [5, 5.41) is 0. The zero-order valence-electron chi connectivity index (χ0n) is 12.7. The molecule has 0 aromatic heterocycles. The maximum absolute atomic E-state index is 10.9. The number of halogens is 1. The fraction of sp³-hybridized carbons (Fsp3) is 0.588. The minimum Gasteiger partial charge on any atom is -0.493 e. The lowest BCUT2D eigenvalue weighted by Crippen LogP contribution is -2.06. The Morgan fingerprint density at radius 2 is 1.95 bits per heavy atom. The highest BCUT2D eigenvalue weighted by atomic mass is 79.9. The molecule has 0 aliphatic heterocycles. The van der Waals surface area contributed by atoms with E-state index in [0.29, 0.717) is 23.8 Å². The normalized spacial score (nSPS) is 12.4. The lowest BCUT2D eigenvalue weighted by Gasteiger charge is -2.14. The van der Waals surface area contributed by atoms with Crippen molar-refractivity contribution in [1.82, 2.24) is 0 Å². The molecule has 1 aromatic carbocycles. The maximum Gasteiger partial charge on any atom is 0.153 e. The van der Waals surface area contributed by atoms with Crippen LogP contribution in [0.4, 0.5) is 0 Å². The molecule has 0 saturated carbocycles. The SMILES string of the molecule is CC(C)CCCC(C)CCOc1cc(Br)ccc1C=O. The van der Waals surface area contributed by atoms with E-state index in [1.54, 1.807) is 6.07 Å². The summed E-state index contributed by atoms with van der Waals surface area (Å²) < 4.78 is 6.68. The molecule has 112 valence electrons. The Balaban J connectivity index is 2.33. The van der Waals surface area contributed by atoms with Crippen molar-refractivity contribution >= 4 is 22.2 Å². The van der Waals surface area contributed by atoms with Gasteiger partial charge in [0.1, 0.15) is 5.75 Å². The number of hydrogen-bond donors (Lipinski definition) is 0. The number of hydrogen-bond acceptors (Lipinski definition) is 2. The molecule has 1 atom stereocenters. The van der Waals surface area contributed by atoms with E-state index in [9.17, 15) is 4.79 Å². The number of aldehydes is 1. The van der Waals surface area contributed by atoms with Crippen LogP contribution >= 0.6 is 15.9 Å². The van der Waals surface area contributed by atoms with E-state index in [4.69, 9.17) is 4.74 Å². The van der Waals surface area contributed by atoms with E-state index < -0.39 is 0 Å². The van der Waals surface area contributed by atoms with Crippen LogP contribution in [0.3, 0.4) is 0 Å². The largest absolute Gasteiger partial charge is 0.493 e. The van der Waals surface area contributed by atoms with Gasteiger partial charge in [-0.05, 0) is 36.5 Å². The third kappa shape index (κ3) is 6.56. The Morgan fingerprint density at radius 3 is 2.60 bits per heavy atom. The second kappa shape index (κ2) is 9.17. The number of ether oxygens (including phenoxy) is 1. The zero-order chi connectivity index (χ0) is 15.0. The summed E-state index contributed by atoms with van der Waals surface area (Å²) in [6, 6.07) is 5.48. The molecule has 0 fully saturated rings. The van der Waals surface area contributed by atoms with Crippen molar-refractivity contribution in [2.45, 2.75) is 46.5 Å². The Morgan fingerprint density at radius 1 is 1.20 bits per heavy atom. The predicted octanol–water partition coefficient (Wildman–Crippen LogP) is 5.49. The smallest absolute Gasteiger partial charge is 0.153 e. The lowest BCUT2D eigenvalue weighted by atomic mass is 9.98. The molecule has 3 heteroatoms. The van der Waals surface area contributed by atoms with Gasteiger partial charge in [0.25, 0.3) is 0 Å². The standard InChI is InChI=1S/C17H25BrO2/c1-13(2)5-4-6-14(3)9-10-20-17-11-16(18)8-7-15(17)12-19/h7-8,11-14H,4-6,9-10H2,1-3H3. The highest BCUT2D eigenvalue weighted by Crippen LogP contribution is 2.23. The van der Waals surface area contributed by atoms with Crippen molar-refractivity contribution < 1.29 is 9.53 Å². The van der Waals surface area contributed by atoms with Crippen molar-refractivity contribution in [3.63, 3.8) is 0 Å². The Labute approximate surface area is 131 Å². The molecule has 2 nitrogen and oxygen atoms in total. The number of rotatable bonds is 9. The molecule has 0 aliphatic rings. The van der Waals surface area contributed by atoms with E-state index in [0.717, 1.165) is 23.1 Å². The van der Waals surface area contributed by atoms with Crippen LogP contribution in [-0.4, -0.2) is 12.9 Å². The first-order valence-corrected chi connectivity index (χ1v) is 8.19. The van der Waals surface area contributed by atoms with Gasteiger partial charge in [-0.2, -0.15) is 0 Å². The van der Waals surface area contributed by atoms with E-state index in [1.165, 1.54) is 19.3 Å². The molecule has 0 amide bonds. The van der Waals surface area contributed by atoms with Crippen molar-refractivity contribution in [3.8, 4) is 5.75 Å². The van der Waals surface area contributed by atoms with Crippen LogP contribution in [0.5, 0.6) is 5.75 Å². The van der Waals surface area contributed by atoms with Gasteiger partial charge in [-0.1, -0.05) is 56.0 Å². The van der Waals surface area contributed by atoms with Gasteiger partial charge >= 0.3 is 0 Å². The fourth-order valence-corrected chi connectivity index (χ4v) is 2.46. The van der Waals surface area contributed by atoms with Crippen molar-refractivity contribution in [3.05, 3.63) is 28.2 Å². The number of benzene rings is 1. The van der Waals surface area contributed by atoms with E-state index in [-0.39, 0.29) is 0 Å². The first kappa shape index (κ1) is 17.2. The summed E-state index contributed by atoms with van der Waals surface area (Å²) in [5.41, 5.74) is 0.612. The van der Waals surface area contributed by atoms with E-state index in [2.05, 4.69) is 36.7 Å². The van der Waals surface area contributed by atoms with Crippen molar-refractivity contribution in [2.24, 2.45) is 11.8 Å². The Kier molecular flexibility index (Phi) is 7.90. The first-order valence-electron chi connectivity index (χ1n) is 7.40. The highest BCUT2D eigenvalue weighted by molar-refractivity contribution is 9.10. The van der Waals surface area contributed by atoms with Crippen LogP contribution in [0.15, 0.2) is 22.7 Å². The number of carbonyl (C=O) groups excluding carboxylic acids is 1. The molecule has 0 radical (unpaired) electrons. The molecule has 0 bridgehead atoms. The van der Waals surface area contributed by atoms with Gasteiger partial charge in [0.2, 0.25) is 0 Å². The first-order chi connectivity index (χ1) is 9.52. The molecule has 0 heterocycles. The topological polar surface area (TPSA) is 26.3 Å². The van der Waals surface area contributed by atoms with Crippen molar-refractivity contribution in [1.29, 1.82) is 0 Å². The average Bonchev–Trinajstić information content (AvgIpc) is 2.38. The third-order valence-corrected chi connectivity index (χ3v) is 3.94. The summed E-state index contributed by atoms with van der Waals surface area (Å²) in [6.07, 6.45) is 5.71. The molecular formula is C17H25BrO2. The van der Waals surface area contributed by atoms with Gasteiger partial charge in [-0.25, -0.2) is 0 Å². The quantitative estimate of drug-likeness (QED) is 0.555. The molecule has 1 rings (SSSR count). The van der Waals surface area contributed by atoms with Gasteiger partial charge in [-0.15, -0.1) is 0 Å². The number of carbonyl (C=O) groups is 1. The van der Waals surface area contributed by atoms with Crippen LogP contribution in [-0.2, 0) is 0 Å². The van der Waals surface area contributed by atoms with Crippen LogP contribution in [0, 0.1) is 11.8 Å². The minimum atomic E-state index is 0.612. The van der Waals surface area contributed by atoms with Crippen LogP contribution in [0.2, 0.25) is 0 Å². The monoisotopic (exact) mass is 340 g/mol. The second-order valence-corrected chi connectivity index (χ2v) is 6.78. The average molecular weight is 341 g/mol. The fourth-order valence-electron chi connectivity index (χ4n) is 2.12. The van der Waals surface area contributed by atoms with Gasteiger partial charge in [0.05, 0.1) is 12.2 Å². The summed E-state index contributed by atoms with van der Waals surface area (Å²) in [7, 11) is 0. The summed E-state index contributed by atoms with van der Waals surface area (Å²) in [5.74, 6) is 2.12. The predicted molar refractivity (Wildman–Crippen MR) is 87.5 cm³/mol. The zero-order valence-corrected chi connectivity index (χ0v) is 14.3. The molecular weight excluding hydrogens is 316 g/mol. The van der Waals surface area contributed by atoms with Gasteiger partial charge < -0.3 is 4.74 Å². The van der Waals surface area contributed by atoms with Crippen molar-refractivity contribution in [2.75, 3.05) is 6.61 Å². The third-order valence-electron chi connectivity index (χ3n) is 3.45. The van der Waals surface area contributed by atoms with Crippen LogP contribution in [0.1, 0.15) is 56.8 Å². The Bertz CT molecular complexity index is 415. The summed E-state index contributed by atoms with van der Waals surface area (Å²) in [4.78, 5) is 10.9. The molecule has 0 aliphatic carbocycles. The van der Waals surface area contributed by atoms with Gasteiger partial charge in [0.15, 0.2) is 6.29 Å². The van der Waals surface area contributed by atoms with Crippen LogP contribution < -0.4 is 4.74 Å². The van der Waals surface area contributed by atoms with E-state index in [1.807, 2.05) is 12.1 Å². The maximum atomic E-state index is 10.9. The Hall–Kier alpha value is -0.830. The van der Waals surface area contributed by atoms with Gasteiger partial charge in [-0.3, -0.25) is 4.79 Å². The molecule has 0 N–H and O–H groups in total. The summed E-state index contributed by atoms with van der Waals surface area (Å²) in [6.45, 7) is 7.47. The molecule has 20 heavy (non-hydrogen) atoms. The highest BCUT2D eigenvalue weighted by Gasteiger charge is 2.07. The second-order valence-electron chi connectivity index (χ2n) is 5.87. The molecule has 0 spiro atoms. The molecule has 1 aromatic rings. The minimum absolute atomic E-state index is 0.612. The van der Waals surface area contributed by atoms with Crippen LogP contribution in [0.25, 0.3) is 0 Å². The lowest BCUT2D eigenvalue weighted by molar-refractivity contribution is 0.111. The van der Waals surface area contributed by atoms with Gasteiger partial charge in [0, 0.05) is 4.47 Å².